The van der Waals surface area contributed by atoms with Gasteiger partial charge in [-0.3, -0.25) is 4.79 Å². The maximum absolute atomic E-state index is 12.9. The summed E-state index contributed by atoms with van der Waals surface area (Å²) >= 11 is 0. The number of carbonyl (C=O) groups excluding carboxylic acids is 1. The summed E-state index contributed by atoms with van der Waals surface area (Å²) in [6.07, 6.45) is 2.60. The first-order valence-corrected chi connectivity index (χ1v) is 9.79. The van der Waals surface area contributed by atoms with Gasteiger partial charge in [0.25, 0.3) is 0 Å². The molecule has 21 heavy (non-hydrogen) atoms. The third-order valence-electron chi connectivity index (χ3n) is 3.76. The zero-order valence-corrected chi connectivity index (χ0v) is 15.3. The van der Waals surface area contributed by atoms with Crippen LogP contribution in [0.2, 0.25) is 0 Å². The smallest absolute Gasteiger partial charge is 0.215 e. The summed E-state index contributed by atoms with van der Waals surface area (Å²) in [5.41, 5.74) is 2.17. The summed E-state index contributed by atoms with van der Waals surface area (Å²) in [6, 6.07) is 8.08. The maximum Gasteiger partial charge on any atom is 0.215 e. The normalized spacial score (nSPS) is 17.0. The van der Waals surface area contributed by atoms with Crippen LogP contribution in [0.4, 0.5) is 0 Å². The van der Waals surface area contributed by atoms with Gasteiger partial charge in [0.05, 0.1) is 0 Å². The Kier molecular flexibility index (Phi) is 6.99. The molecule has 1 aliphatic heterocycles. The molecule has 0 aliphatic carbocycles. The summed E-state index contributed by atoms with van der Waals surface area (Å²) < 4.78 is 0. The molecule has 1 heterocycles. The van der Waals surface area contributed by atoms with Crippen LogP contribution in [0, 0.1) is 12.3 Å². The van der Waals surface area contributed by atoms with Crippen molar-refractivity contribution in [2.45, 2.75) is 59.6 Å². The molecule has 1 unspecified atom stereocenters. The highest BCUT2D eigenvalue weighted by Crippen LogP contribution is 2.34. The zero-order chi connectivity index (χ0) is 16.0. The van der Waals surface area contributed by atoms with Crippen LogP contribution in [0.1, 0.15) is 63.4 Å². The lowest BCUT2D eigenvalue weighted by atomic mass is 9.87. The van der Waals surface area contributed by atoms with Crippen LogP contribution >= 0.6 is 0 Å². The van der Waals surface area contributed by atoms with E-state index in [4.69, 9.17) is 0 Å². The van der Waals surface area contributed by atoms with E-state index >= 15 is 0 Å². The molecule has 1 aromatic carbocycles. The molecular weight excluding hydrogens is 276 g/mol. The second-order valence-electron chi connectivity index (χ2n) is 6.63. The second kappa shape index (κ2) is 8.03. The summed E-state index contributed by atoms with van der Waals surface area (Å²) in [5.74, 6) is 2.86. The predicted octanol–water partition coefficient (Wildman–Crippen LogP) is 5.03. The molecule has 0 radical (unpaired) electrons. The molecule has 2 heteroatoms. The number of aryl methyl sites for hydroxylation is 1. The standard InChI is InChI=1S/C17H25OS.C2H6/c1-13-7-9-14(10-8-13)15(18)16(17(2,3)4)19-11-5-6-12-19;1-2/h7-10,16H,5-6,11-12H2,1-4H3;1-2H3/q+1;. The fraction of sp³-hybridized carbons (Fsp3) is 0.632. The Labute approximate surface area is 133 Å². The Morgan fingerprint density at radius 2 is 1.52 bits per heavy atom. The highest BCUT2D eigenvalue weighted by molar-refractivity contribution is 7.98. The van der Waals surface area contributed by atoms with Gasteiger partial charge in [-0.2, -0.15) is 0 Å². The van der Waals surface area contributed by atoms with Gasteiger partial charge in [0.2, 0.25) is 5.78 Å². The van der Waals surface area contributed by atoms with Crippen molar-refractivity contribution in [1.82, 2.24) is 0 Å². The number of carbonyl (C=O) groups is 1. The van der Waals surface area contributed by atoms with Crippen molar-refractivity contribution in [2.75, 3.05) is 11.5 Å². The Morgan fingerprint density at radius 1 is 1.05 bits per heavy atom. The van der Waals surface area contributed by atoms with Gasteiger partial charge in [-0.15, -0.1) is 0 Å². The van der Waals surface area contributed by atoms with Crippen LogP contribution in [0.25, 0.3) is 0 Å². The second-order valence-corrected chi connectivity index (χ2v) is 8.99. The lowest BCUT2D eigenvalue weighted by Crippen LogP contribution is -2.42. The Morgan fingerprint density at radius 3 is 1.95 bits per heavy atom. The molecule has 118 valence electrons. The molecule has 1 aromatic rings. The van der Waals surface area contributed by atoms with E-state index in [-0.39, 0.29) is 21.6 Å². The van der Waals surface area contributed by atoms with E-state index in [0.717, 1.165) is 5.56 Å². The third-order valence-corrected chi connectivity index (χ3v) is 6.97. The van der Waals surface area contributed by atoms with E-state index in [9.17, 15) is 4.79 Å². The van der Waals surface area contributed by atoms with Crippen molar-refractivity contribution in [2.24, 2.45) is 5.41 Å². The van der Waals surface area contributed by atoms with E-state index in [1.165, 1.54) is 29.9 Å². The SMILES string of the molecule is CC.Cc1ccc(C(=O)C([S+]2CCCC2)C(C)(C)C)cc1. The predicted molar refractivity (Wildman–Crippen MR) is 96.4 cm³/mol. The Balaban J connectivity index is 0.00000106. The monoisotopic (exact) mass is 307 g/mol. The van der Waals surface area contributed by atoms with E-state index < -0.39 is 0 Å². The molecule has 1 saturated heterocycles. The van der Waals surface area contributed by atoms with E-state index in [2.05, 4.69) is 27.7 Å². The van der Waals surface area contributed by atoms with Crippen LogP contribution in [-0.2, 0) is 10.9 Å². The van der Waals surface area contributed by atoms with Crippen LogP contribution in [0.5, 0.6) is 0 Å². The van der Waals surface area contributed by atoms with Crippen LogP contribution in [0.3, 0.4) is 0 Å². The molecule has 1 nitrogen and oxygen atoms in total. The number of hydrogen-bond donors (Lipinski definition) is 0. The van der Waals surface area contributed by atoms with Crippen molar-refractivity contribution in [3.8, 4) is 0 Å². The lowest BCUT2D eigenvalue weighted by Gasteiger charge is -2.27. The Bertz CT molecular complexity index is 436. The molecule has 0 N–H and O–H groups in total. The fourth-order valence-electron chi connectivity index (χ4n) is 2.83. The van der Waals surface area contributed by atoms with E-state index in [0.29, 0.717) is 5.78 Å². The summed E-state index contributed by atoms with van der Waals surface area (Å²) in [4.78, 5) is 12.9. The van der Waals surface area contributed by atoms with Gasteiger partial charge in [0.15, 0.2) is 5.25 Å². The number of Topliss-reactive ketones (excluding diaryl/α,β-unsaturated/α-hetero) is 1. The molecule has 1 aliphatic rings. The Hall–Kier alpha value is -0.760. The van der Waals surface area contributed by atoms with Gasteiger partial charge in [-0.25, -0.2) is 0 Å². The number of ketones is 1. The zero-order valence-electron chi connectivity index (χ0n) is 14.5. The topological polar surface area (TPSA) is 17.1 Å². The third kappa shape index (κ3) is 4.88. The minimum Gasteiger partial charge on any atom is -0.288 e. The first-order chi connectivity index (χ1) is 9.89. The molecule has 0 aromatic heterocycles. The quantitative estimate of drug-likeness (QED) is 0.565. The van der Waals surface area contributed by atoms with Crippen molar-refractivity contribution in [3.63, 3.8) is 0 Å². The summed E-state index contributed by atoms with van der Waals surface area (Å²) in [7, 11) is 0.280. The molecule has 0 spiro atoms. The minimum absolute atomic E-state index is 0.0649. The van der Waals surface area contributed by atoms with E-state index in [1.54, 1.807) is 0 Å². The molecular formula is C19H31OS+. The first kappa shape index (κ1) is 18.3. The fourth-order valence-corrected chi connectivity index (χ4v) is 6.09. The van der Waals surface area contributed by atoms with Crippen LogP contribution < -0.4 is 0 Å². The van der Waals surface area contributed by atoms with Gasteiger partial charge < -0.3 is 0 Å². The number of benzene rings is 1. The lowest BCUT2D eigenvalue weighted by molar-refractivity contribution is 0.0949. The molecule has 0 amide bonds. The summed E-state index contributed by atoms with van der Waals surface area (Å²) in [6.45, 7) is 12.7. The molecule has 0 bridgehead atoms. The van der Waals surface area contributed by atoms with Crippen molar-refractivity contribution < 1.29 is 4.79 Å². The average molecular weight is 308 g/mol. The van der Waals surface area contributed by atoms with Gasteiger partial charge >= 0.3 is 0 Å². The largest absolute Gasteiger partial charge is 0.288 e. The van der Waals surface area contributed by atoms with Gasteiger partial charge in [0.1, 0.15) is 11.5 Å². The van der Waals surface area contributed by atoms with Crippen molar-refractivity contribution in [3.05, 3.63) is 35.4 Å². The average Bonchev–Trinajstić information content (AvgIpc) is 2.94. The van der Waals surface area contributed by atoms with Gasteiger partial charge in [0, 0.05) is 11.0 Å². The van der Waals surface area contributed by atoms with Crippen LogP contribution in [0.15, 0.2) is 24.3 Å². The maximum atomic E-state index is 12.9. The van der Waals surface area contributed by atoms with Gasteiger partial charge in [-0.1, -0.05) is 64.4 Å². The number of rotatable bonds is 3. The van der Waals surface area contributed by atoms with Gasteiger partial charge in [-0.05, 0) is 30.7 Å². The van der Waals surface area contributed by atoms with Crippen molar-refractivity contribution in [1.29, 1.82) is 0 Å². The molecule has 2 rings (SSSR count). The summed E-state index contributed by atoms with van der Waals surface area (Å²) in [5, 5.41) is 0.192. The molecule has 1 atom stereocenters. The highest BCUT2D eigenvalue weighted by Gasteiger charge is 2.46. The highest BCUT2D eigenvalue weighted by atomic mass is 32.2. The van der Waals surface area contributed by atoms with Crippen LogP contribution in [-0.4, -0.2) is 22.5 Å². The molecule has 1 fully saturated rings. The molecule has 0 saturated carbocycles. The number of hydrogen-bond acceptors (Lipinski definition) is 1. The van der Waals surface area contributed by atoms with Crippen molar-refractivity contribution >= 4 is 16.7 Å². The van der Waals surface area contributed by atoms with E-state index in [1.807, 2.05) is 38.1 Å². The first-order valence-electron chi connectivity index (χ1n) is 8.17. The minimum atomic E-state index is 0.0649.